The lowest BCUT2D eigenvalue weighted by Crippen LogP contribution is -2.47. The van der Waals surface area contributed by atoms with Crippen molar-refractivity contribution >= 4 is 17.3 Å². The molecule has 0 spiro atoms. The maximum absolute atomic E-state index is 4.41. The zero-order valence-electron chi connectivity index (χ0n) is 16.6. The molecule has 0 aromatic carbocycles. The zero-order chi connectivity index (χ0) is 18.2. The van der Waals surface area contributed by atoms with Crippen LogP contribution in [0.1, 0.15) is 43.4 Å². The number of hydrogen-bond donors (Lipinski definition) is 2. The molecule has 5 heteroatoms. The Hall–Kier alpha value is -1.07. The zero-order valence-corrected chi connectivity index (χ0v) is 17.5. The summed E-state index contributed by atoms with van der Waals surface area (Å²) >= 11 is 1.89. The van der Waals surface area contributed by atoms with Crippen LogP contribution >= 0.6 is 11.3 Å². The van der Waals surface area contributed by atoms with Crippen molar-refractivity contribution in [3.63, 3.8) is 0 Å². The Bertz CT molecular complexity index is 538. The monoisotopic (exact) mass is 364 g/mol. The molecule has 1 aliphatic rings. The van der Waals surface area contributed by atoms with Crippen LogP contribution < -0.4 is 10.6 Å². The second kappa shape index (κ2) is 10.2. The topological polar surface area (TPSA) is 39.7 Å². The summed E-state index contributed by atoms with van der Waals surface area (Å²) in [7, 11) is 1.86. The summed E-state index contributed by atoms with van der Waals surface area (Å²) in [6, 6.07) is 4.82. The molecule has 1 saturated heterocycles. The first-order valence-corrected chi connectivity index (χ1v) is 10.5. The van der Waals surface area contributed by atoms with Crippen molar-refractivity contribution in [3.05, 3.63) is 21.9 Å². The van der Waals surface area contributed by atoms with Gasteiger partial charge < -0.3 is 15.5 Å². The number of piperidine rings is 1. The fraction of sp³-hybridized carbons (Fsp3) is 0.750. The summed E-state index contributed by atoms with van der Waals surface area (Å²) in [5.41, 5.74) is 0. The van der Waals surface area contributed by atoms with Gasteiger partial charge in [-0.05, 0) is 57.2 Å². The predicted octanol–water partition coefficient (Wildman–Crippen LogP) is 3.52. The Labute approximate surface area is 158 Å². The van der Waals surface area contributed by atoms with Crippen molar-refractivity contribution in [2.45, 2.75) is 53.0 Å². The highest BCUT2D eigenvalue weighted by Gasteiger charge is 2.20. The third-order valence-corrected chi connectivity index (χ3v) is 5.72. The summed E-state index contributed by atoms with van der Waals surface area (Å²) < 4.78 is 0. The Balaban J connectivity index is 1.74. The normalized spacial score (nSPS) is 20.7. The molecule has 2 atom stereocenters. The number of nitrogens with one attached hydrogen (secondary N) is 2. The molecule has 2 N–H and O–H groups in total. The molecule has 4 nitrogen and oxygen atoms in total. The summed E-state index contributed by atoms with van der Waals surface area (Å²) in [5, 5.41) is 7.09. The van der Waals surface area contributed by atoms with E-state index in [9.17, 15) is 0 Å². The molecule has 2 rings (SSSR count). The van der Waals surface area contributed by atoms with Gasteiger partial charge in [0.2, 0.25) is 0 Å². The SMILES string of the molecule is CN=C(NCC1CCCN(CC(C)C)C1)NC(C)Cc1ccc(C)s1. The standard InChI is InChI=1S/C20H36N4S/c1-15(2)13-24-10-6-7-18(14-24)12-22-20(21-5)23-16(3)11-19-9-8-17(4)25-19/h8-9,15-16,18H,6-7,10-14H2,1-5H3,(H2,21,22,23). The van der Waals surface area contributed by atoms with E-state index in [1.54, 1.807) is 0 Å². The van der Waals surface area contributed by atoms with Gasteiger partial charge in [0, 0.05) is 48.9 Å². The Kier molecular flexibility index (Phi) is 8.24. The van der Waals surface area contributed by atoms with Gasteiger partial charge >= 0.3 is 0 Å². The van der Waals surface area contributed by atoms with E-state index in [2.05, 4.69) is 60.4 Å². The van der Waals surface area contributed by atoms with E-state index in [4.69, 9.17) is 0 Å². The molecular formula is C20H36N4S. The molecule has 0 aliphatic carbocycles. The van der Waals surface area contributed by atoms with Crippen LogP contribution in [-0.2, 0) is 6.42 Å². The molecule has 1 aromatic heterocycles. The first-order chi connectivity index (χ1) is 12.0. The molecule has 1 fully saturated rings. The van der Waals surface area contributed by atoms with E-state index in [0.29, 0.717) is 6.04 Å². The van der Waals surface area contributed by atoms with Gasteiger partial charge in [0.1, 0.15) is 0 Å². The molecule has 0 bridgehead atoms. The maximum atomic E-state index is 4.41. The van der Waals surface area contributed by atoms with Crippen LogP contribution in [0.3, 0.4) is 0 Å². The maximum Gasteiger partial charge on any atom is 0.191 e. The number of hydrogen-bond acceptors (Lipinski definition) is 3. The summed E-state index contributed by atoms with van der Waals surface area (Å²) in [4.78, 5) is 9.85. The van der Waals surface area contributed by atoms with Gasteiger partial charge in [-0.15, -0.1) is 11.3 Å². The third-order valence-electron chi connectivity index (χ3n) is 4.69. The van der Waals surface area contributed by atoms with Gasteiger partial charge in [0.25, 0.3) is 0 Å². The summed E-state index contributed by atoms with van der Waals surface area (Å²) in [6.07, 6.45) is 3.69. The number of aryl methyl sites for hydroxylation is 1. The van der Waals surface area contributed by atoms with Gasteiger partial charge in [-0.3, -0.25) is 4.99 Å². The molecule has 0 radical (unpaired) electrons. The van der Waals surface area contributed by atoms with E-state index >= 15 is 0 Å². The Morgan fingerprint density at radius 3 is 2.80 bits per heavy atom. The van der Waals surface area contributed by atoms with Crippen molar-refractivity contribution in [1.82, 2.24) is 15.5 Å². The van der Waals surface area contributed by atoms with Crippen molar-refractivity contribution in [2.24, 2.45) is 16.8 Å². The van der Waals surface area contributed by atoms with Gasteiger partial charge in [-0.1, -0.05) is 13.8 Å². The molecule has 1 aromatic rings. The molecule has 25 heavy (non-hydrogen) atoms. The first-order valence-electron chi connectivity index (χ1n) is 9.71. The van der Waals surface area contributed by atoms with Crippen LogP contribution in [0.5, 0.6) is 0 Å². The van der Waals surface area contributed by atoms with Crippen molar-refractivity contribution < 1.29 is 0 Å². The van der Waals surface area contributed by atoms with Crippen LogP contribution in [-0.4, -0.2) is 50.1 Å². The number of rotatable bonds is 7. The quantitative estimate of drug-likeness (QED) is 0.574. The molecule has 2 heterocycles. The van der Waals surface area contributed by atoms with Crippen molar-refractivity contribution in [3.8, 4) is 0 Å². The highest BCUT2D eigenvalue weighted by atomic mass is 32.1. The lowest BCUT2D eigenvalue weighted by Gasteiger charge is -2.34. The van der Waals surface area contributed by atoms with Crippen LogP contribution in [0.15, 0.2) is 17.1 Å². The van der Waals surface area contributed by atoms with E-state index in [-0.39, 0.29) is 0 Å². The number of aliphatic imine (C=N–C) groups is 1. The first kappa shape index (κ1) is 20.2. The number of nitrogens with zero attached hydrogens (tertiary/aromatic N) is 2. The van der Waals surface area contributed by atoms with Gasteiger partial charge in [0.15, 0.2) is 5.96 Å². The third kappa shape index (κ3) is 7.37. The van der Waals surface area contributed by atoms with Crippen LogP contribution in [0, 0.1) is 18.8 Å². The highest BCUT2D eigenvalue weighted by molar-refractivity contribution is 7.11. The lowest BCUT2D eigenvalue weighted by atomic mass is 9.97. The van der Waals surface area contributed by atoms with Gasteiger partial charge in [-0.25, -0.2) is 0 Å². The molecule has 1 aliphatic heterocycles. The fourth-order valence-electron chi connectivity index (χ4n) is 3.62. The Morgan fingerprint density at radius 2 is 2.16 bits per heavy atom. The van der Waals surface area contributed by atoms with Crippen LogP contribution in [0.4, 0.5) is 0 Å². The molecule has 2 unspecified atom stereocenters. The highest BCUT2D eigenvalue weighted by Crippen LogP contribution is 2.18. The minimum Gasteiger partial charge on any atom is -0.356 e. The van der Waals surface area contributed by atoms with Crippen LogP contribution in [0.25, 0.3) is 0 Å². The van der Waals surface area contributed by atoms with Gasteiger partial charge in [0.05, 0.1) is 0 Å². The van der Waals surface area contributed by atoms with Crippen LogP contribution in [0.2, 0.25) is 0 Å². The van der Waals surface area contributed by atoms with Crippen molar-refractivity contribution in [2.75, 3.05) is 33.2 Å². The average Bonchev–Trinajstić information content (AvgIpc) is 2.96. The fourth-order valence-corrected chi connectivity index (χ4v) is 4.64. The molecular weight excluding hydrogens is 328 g/mol. The minimum absolute atomic E-state index is 0.382. The molecule has 142 valence electrons. The Morgan fingerprint density at radius 1 is 1.36 bits per heavy atom. The minimum atomic E-state index is 0.382. The van der Waals surface area contributed by atoms with Gasteiger partial charge in [-0.2, -0.15) is 0 Å². The largest absolute Gasteiger partial charge is 0.356 e. The second-order valence-electron chi connectivity index (χ2n) is 7.88. The summed E-state index contributed by atoms with van der Waals surface area (Å²) in [5.74, 6) is 2.41. The predicted molar refractivity (Wildman–Crippen MR) is 111 cm³/mol. The van der Waals surface area contributed by atoms with Crippen molar-refractivity contribution in [1.29, 1.82) is 0 Å². The molecule has 0 saturated carbocycles. The average molecular weight is 365 g/mol. The second-order valence-corrected chi connectivity index (χ2v) is 9.25. The molecule has 0 amide bonds. The number of guanidine groups is 1. The number of likely N-dealkylation sites (tertiary alicyclic amines) is 1. The summed E-state index contributed by atoms with van der Waals surface area (Å²) in [6.45, 7) is 13.7. The lowest BCUT2D eigenvalue weighted by molar-refractivity contribution is 0.159. The van der Waals surface area contributed by atoms with E-state index < -0.39 is 0 Å². The van der Waals surface area contributed by atoms with E-state index in [1.165, 1.54) is 42.2 Å². The smallest absolute Gasteiger partial charge is 0.191 e. The number of thiophene rings is 1. The van der Waals surface area contributed by atoms with E-state index in [1.807, 2.05) is 18.4 Å². The van der Waals surface area contributed by atoms with E-state index in [0.717, 1.165) is 30.8 Å².